The van der Waals surface area contributed by atoms with Crippen LogP contribution >= 0.6 is 0 Å². The Hall–Kier alpha value is -1.85. The van der Waals surface area contributed by atoms with Crippen LogP contribution in [0.5, 0.6) is 11.5 Å². The van der Waals surface area contributed by atoms with Crippen LogP contribution in [0.2, 0.25) is 0 Å². The van der Waals surface area contributed by atoms with Gasteiger partial charge in [-0.15, -0.1) is 0 Å². The van der Waals surface area contributed by atoms with Crippen molar-refractivity contribution in [2.24, 2.45) is 0 Å². The Morgan fingerprint density at radius 2 is 1.58 bits per heavy atom. The summed E-state index contributed by atoms with van der Waals surface area (Å²) in [5.41, 5.74) is 1.20. The summed E-state index contributed by atoms with van der Waals surface area (Å²) in [6.07, 6.45) is 7.19. The third-order valence-electron chi connectivity index (χ3n) is 3.81. The van der Waals surface area contributed by atoms with Crippen molar-refractivity contribution in [3.63, 3.8) is 0 Å². The van der Waals surface area contributed by atoms with Gasteiger partial charge < -0.3 is 4.74 Å². The molecule has 2 aromatic rings. The predicted molar refractivity (Wildman–Crippen MR) is 95.2 cm³/mol. The first-order valence-electron chi connectivity index (χ1n) is 8.33. The Morgan fingerprint density at radius 1 is 0.917 bits per heavy atom. The number of hydrogen-bond donors (Lipinski definition) is 1. The SMILES string of the molecule is CCCCCCCc1cccc(Oc2cccc(S(=O)(=O)O)c2)c1. The Kier molecular flexibility index (Phi) is 6.82. The zero-order chi connectivity index (χ0) is 17.4. The lowest BCUT2D eigenvalue weighted by atomic mass is 10.1. The van der Waals surface area contributed by atoms with E-state index in [1.54, 1.807) is 6.07 Å². The fourth-order valence-electron chi connectivity index (χ4n) is 2.53. The fraction of sp³-hybridized carbons (Fsp3) is 0.368. The number of benzene rings is 2. The van der Waals surface area contributed by atoms with Gasteiger partial charge in [-0.3, -0.25) is 4.55 Å². The van der Waals surface area contributed by atoms with E-state index in [1.807, 2.05) is 18.2 Å². The highest BCUT2D eigenvalue weighted by Crippen LogP contribution is 2.25. The van der Waals surface area contributed by atoms with E-state index in [-0.39, 0.29) is 4.90 Å². The summed E-state index contributed by atoms with van der Waals surface area (Å²) >= 11 is 0. The van der Waals surface area contributed by atoms with E-state index in [1.165, 1.54) is 49.4 Å². The molecule has 2 rings (SSSR count). The van der Waals surface area contributed by atoms with Crippen molar-refractivity contribution in [1.29, 1.82) is 0 Å². The second-order valence-corrected chi connectivity index (χ2v) is 7.29. The number of unbranched alkanes of at least 4 members (excludes halogenated alkanes) is 4. The Balaban J connectivity index is 1.99. The molecular weight excluding hydrogens is 324 g/mol. The molecule has 0 bridgehead atoms. The molecule has 0 saturated carbocycles. The third kappa shape index (κ3) is 5.98. The molecule has 4 nitrogen and oxygen atoms in total. The highest BCUT2D eigenvalue weighted by Gasteiger charge is 2.10. The molecule has 0 aromatic heterocycles. The molecule has 2 aromatic carbocycles. The average Bonchev–Trinajstić information content (AvgIpc) is 2.54. The molecule has 130 valence electrons. The molecule has 0 aliphatic heterocycles. The Morgan fingerprint density at radius 3 is 2.29 bits per heavy atom. The van der Waals surface area contributed by atoms with Gasteiger partial charge in [0.1, 0.15) is 11.5 Å². The second-order valence-electron chi connectivity index (χ2n) is 5.86. The lowest BCUT2D eigenvalue weighted by Gasteiger charge is -2.09. The molecule has 1 N–H and O–H groups in total. The summed E-state index contributed by atoms with van der Waals surface area (Å²) in [5.74, 6) is 1.04. The van der Waals surface area contributed by atoms with Crippen LogP contribution in [-0.4, -0.2) is 13.0 Å². The van der Waals surface area contributed by atoms with Crippen molar-refractivity contribution in [2.75, 3.05) is 0 Å². The normalized spacial score (nSPS) is 11.4. The quantitative estimate of drug-likeness (QED) is 0.497. The molecule has 0 radical (unpaired) electrons. The smallest absolute Gasteiger partial charge is 0.294 e. The Labute approximate surface area is 144 Å². The van der Waals surface area contributed by atoms with Gasteiger partial charge >= 0.3 is 0 Å². The maximum atomic E-state index is 11.2. The van der Waals surface area contributed by atoms with Crippen molar-refractivity contribution in [2.45, 2.75) is 50.3 Å². The molecule has 5 heteroatoms. The molecule has 0 spiro atoms. The minimum absolute atomic E-state index is 0.174. The van der Waals surface area contributed by atoms with Gasteiger partial charge in [-0.2, -0.15) is 8.42 Å². The first-order valence-corrected chi connectivity index (χ1v) is 9.77. The molecule has 0 atom stereocenters. The van der Waals surface area contributed by atoms with Crippen molar-refractivity contribution >= 4 is 10.1 Å². The van der Waals surface area contributed by atoms with Gasteiger partial charge in [0.15, 0.2) is 0 Å². The van der Waals surface area contributed by atoms with Gasteiger partial charge in [-0.1, -0.05) is 50.8 Å². The first kappa shape index (κ1) is 18.5. The minimum Gasteiger partial charge on any atom is -0.457 e. The van der Waals surface area contributed by atoms with Gasteiger partial charge in [-0.25, -0.2) is 0 Å². The summed E-state index contributed by atoms with van der Waals surface area (Å²) in [7, 11) is -4.23. The third-order valence-corrected chi connectivity index (χ3v) is 4.66. The van der Waals surface area contributed by atoms with Crippen LogP contribution in [0.4, 0.5) is 0 Å². The lowest BCUT2D eigenvalue weighted by Crippen LogP contribution is -1.98. The van der Waals surface area contributed by atoms with Gasteiger partial charge in [0, 0.05) is 6.07 Å². The summed E-state index contributed by atoms with van der Waals surface area (Å²) in [6.45, 7) is 2.21. The molecule has 0 heterocycles. The van der Waals surface area contributed by atoms with Crippen LogP contribution in [0.3, 0.4) is 0 Å². The molecule has 0 fully saturated rings. The van der Waals surface area contributed by atoms with Crippen molar-refractivity contribution < 1.29 is 17.7 Å². The maximum absolute atomic E-state index is 11.2. The van der Waals surface area contributed by atoms with Gasteiger partial charge in [-0.05, 0) is 42.7 Å². The summed E-state index contributed by atoms with van der Waals surface area (Å²) in [6, 6.07) is 13.6. The molecule has 0 amide bonds. The van der Waals surface area contributed by atoms with Crippen LogP contribution in [-0.2, 0) is 16.5 Å². The highest BCUT2D eigenvalue weighted by atomic mass is 32.2. The van der Waals surface area contributed by atoms with Gasteiger partial charge in [0.25, 0.3) is 10.1 Å². The fourth-order valence-corrected chi connectivity index (χ4v) is 3.05. The van der Waals surface area contributed by atoms with Crippen molar-refractivity contribution in [1.82, 2.24) is 0 Å². The van der Waals surface area contributed by atoms with E-state index >= 15 is 0 Å². The van der Waals surface area contributed by atoms with Crippen LogP contribution in [0.25, 0.3) is 0 Å². The van der Waals surface area contributed by atoms with E-state index in [2.05, 4.69) is 13.0 Å². The summed E-state index contributed by atoms with van der Waals surface area (Å²) < 4.78 is 37.2. The van der Waals surface area contributed by atoms with E-state index in [9.17, 15) is 8.42 Å². The highest BCUT2D eigenvalue weighted by molar-refractivity contribution is 7.85. The van der Waals surface area contributed by atoms with E-state index in [0.29, 0.717) is 11.5 Å². The van der Waals surface area contributed by atoms with E-state index in [0.717, 1.165) is 12.8 Å². The van der Waals surface area contributed by atoms with E-state index < -0.39 is 10.1 Å². The first-order chi connectivity index (χ1) is 11.5. The van der Waals surface area contributed by atoms with Gasteiger partial charge in [0.05, 0.1) is 4.90 Å². The van der Waals surface area contributed by atoms with Crippen molar-refractivity contribution in [3.05, 3.63) is 54.1 Å². The average molecular weight is 348 g/mol. The number of ether oxygens (including phenoxy) is 1. The number of rotatable bonds is 9. The maximum Gasteiger partial charge on any atom is 0.294 e. The zero-order valence-electron chi connectivity index (χ0n) is 13.9. The zero-order valence-corrected chi connectivity index (χ0v) is 14.8. The van der Waals surface area contributed by atoms with Crippen LogP contribution in [0.15, 0.2) is 53.4 Å². The number of aryl methyl sites for hydroxylation is 1. The second kappa shape index (κ2) is 8.85. The van der Waals surface area contributed by atoms with Gasteiger partial charge in [0.2, 0.25) is 0 Å². The summed E-state index contributed by atoms with van der Waals surface area (Å²) in [5, 5.41) is 0. The van der Waals surface area contributed by atoms with Crippen LogP contribution in [0.1, 0.15) is 44.6 Å². The van der Waals surface area contributed by atoms with E-state index in [4.69, 9.17) is 9.29 Å². The lowest BCUT2D eigenvalue weighted by molar-refractivity contribution is 0.471. The molecule has 0 saturated heterocycles. The molecule has 0 unspecified atom stereocenters. The summed E-state index contributed by atoms with van der Waals surface area (Å²) in [4.78, 5) is -0.174. The minimum atomic E-state index is -4.23. The number of hydrogen-bond acceptors (Lipinski definition) is 3. The molecule has 24 heavy (non-hydrogen) atoms. The molecular formula is C19H24O4S. The van der Waals surface area contributed by atoms with Crippen LogP contribution in [0, 0.1) is 0 Å². The monoisotopic (exact) mass is 348 g/mol. The van der Waals surface area contributed by atoms with Crippen molar-refractivity contribution in [3.8, 4) is 11.5 Å². The van der Waals surface area contributed by atoms with Crippen LogP contribution < -0.4 is 4.74 Å². The Bertz CT molecular complexity index is 753. The topological polar surface area (TPSA) is 63.6 Å². The largest absolute Gasteiger partial charge is 0.457 e. The predicted octanol–water partition coefficient (Wildman–Crippen LogP) is 5.24. The molecule has 0 aliphatic carbocycles. The molecule has 0 aliphatic rings. The standard InChI is InChI=1S/C19H24O4S/c1-2-3-4-5-6-9-16-10-7-11-17(14-16)23-18-12-8-13-19(15-18)24(20,21)22/h7-8,10-15H,2-6,9H2,1H3,(H,20,21,22).